The number of amides is 1. The van der Waals surface area contributed by atoms with Gasteiger partial charge in [0.25, 0.3) is 0 Å². The molecule has 1 aromatic carbocycles. The lowest BCUT2D eigenvalue weighted by Gasteiger charge is -2.50. The van der Waals surface area contributed by atoms with Crippen LogP contribution in [0.5, 0.6) is 0 Å². The Hall–Kier alpha value is -1.39. The van der Waals surface area contributed by atoms with Gasteiger partial charge in [-0.15, -0.1) is 0 Å². The largest absolute Gasteiger partial charge is 0.349 e. The van der Waals surface area contributed by atoms with E-state index >= 15 is 0 Å². The number of hydrogen-bond donors (Lipinski definition) is 0. The molecule has 1 atom stereocenters. The molecule has 3 rings (SSSR count). The number of likely N-dealkylation sites (N-methyl/N-ethyl adjacent to an activating group) is 1. The van der Waals surface area contributed by atoms with E-state index in [1.165, 1.54) is 37.9 Å². The number of carbonyl (C=O) groups excluding carboxylic acids is 1. The molecule has 0 aliphatic carbocycles. The first-order chi connectivity index (χ1) is 12.5. The molecule has 2 aliphatic rings. The van der Waals surface area contributed by atoms with Crippen LogP contribution in [0.2, 0.25) is 0 Å². The number of rotatable bonds is 5. The molecule has 0 aromatic heterocycles. The van der Waals surface area contributed by atoms with Crippen LogP contribution in [0.25, 0.3) is 0 Å². The van der Waals surface area contributed by atoms with Gasteiger partial charge in [0.1, 0.15) is 0 Å². The first-order valence-electron chi connectivity index (χ1n) is 10.2. The van der Waals surface area contributed by atoms with E-state index < -0.39 is 0 Å². The Balaban J connectivity index is 1.60. The highest BCUT2D eigenvalue weighted by atomic mass is 16.2. The van der Waals surface area contributed by atoms with Gasteiger partial charge in [-0.25, -0.2) is 0 Å². The van der Waals surface area contributed by atoms with Crippen LogP contribution in [0.1, 0.15) is 44.1 Å². The van der Waals surface area contributed by atoms with Gasteiger partial charge in [0.2, 0.25) is 5.91 Å². The van der Waals surface area contributed by atoms with Gasteiger partial charge in [0.15, 0.2) is 0 Å². The third-order valence-corrected chi connectivity index (χ3v) is 6.49. The first kappa shape index (κ1) is 19.4. The predicted molar refractivity (Wildman–Crippen MR) is 107 cm³/mol. The van der Waals surface area contributed by atoms with Crippen molar-refractivity contribution in [1.29, 1.82) is 0 Å². The summed E-state index contributed by atoms with van der Waals surface area (Å²) in [4.78, 5) is 18.7. The Morgan fingerprint density at radius 1 is 1.15 bits per heavy atom. The van der Waals surface area contributed by atoms with Crippen LogP contribution in [0, 0.1) is 5.41 Å². The van der Waals surface area contributed by atoms with Crippen LogP contribution in [-0.2, 0) is 4.79 Å². The summed E-state index contributed by atoms with van der Waals surface area (Å²) in [6.45, 7) is 9.07. The summed E-state index contributed by atoms with van der Waals surface area (Å²) >= 11 is 0. The smallest absolute Gasteiger partial charge is 0.223 e. The minimum absolute atomic E-state index is 0.240. The van der Waals surface area contributed by atoms with Crippen LogP contribution < -0.4 is 0 Å². The van der Waals surface area contributed by atoms with Gasteiger partial charge in [0.05, 0.1) is 0 Å². The van der Waals surface area contributed by atoms with E-state index in [2.05, 4.69) is 47.1 Å². The highest BCUT2D eigenvalue weighted by Crippen LogP contribution is 2.44. The van der Waals surface area contributed by atoms with Crippen molar-refractivity contribution < 1.29 is 4.79 Å². The fourth-order valence-corrected chi connectivity index (χ4v) is 4.78. The maximum Gasteiger partial charge on any atom is 0.223 e. The normalized spacial score (nSPS) is 23.9. The van der Waals surface area contributed by atoms with Crippen molar-refractivity contribution in [2.75, 3.05) is 53.4 Å². The van der Waals surface area contributed by atoms with E-state index in [4.69, 9.17) is 0 Å². The molecule has 2 aliphatic heterocycles. The average molecular weight is 358 g/mol. The topological polar surface area (TPSA) is 26.8 Å². The Bertz CT molecular complexity index is 578. The van der Waals surface area contributed by atoms with Crippen molar-refractivity contribution in [3.8, 4) is 0 Å². The molecular weight excluding hydrogens is 322 g/mol. The van der Waals surface area contributed by atoms with Crippen LogP contribution in [0.3, 0.4) is 0 Å². The average Bonchev–Trinajstić information content (AvgIpc) is 2.67. The lowest BCUT2D eigenvalue weighted by molar-refractivity contribution is -0.129. The van der Waals surface area contributed by atoms with Crippen molar-refractivity contribution in [3.05, 3.63) is 35.9 Å². The van der Waals surface area contributed by atoms with Gasteiger partial charge < -0.3 is 14.7 Å². The van der Waals surface area contributed by atoms with Crippen molar-refractivity contribution in [3.63, 3.8) is 0 Å². The van der Waals surface area contributed by atoms with E-state index in [9.17, 15) is 4.79 Å². The third-order valence-electron chi connectivity index (χ3n) is 6.49. The minimum atomic E-state index is 0.240. The van der Waals surface area contributed by atoms with Gasteiger partial charge in [-0.2, -0.15) is 0 Å². The molecule has 1 aromatic rings. The summed E-state index contributed by atoms with van der Waals surface area (Å²) in [5.74, 6) is 0.899. The molecule has 1 spiro atoms. The van der Waals surface area contributed by atoms with Crippen LogP contribution >= 0.6 is 0 Å². The molecule has 0 bridgehead atoms. The van der Waals surface area contributed by atoms with Crippen molar-refractivity contribution in [2.45, 2.75) is 38.5 Å². The Morgan fingerprint density at radius 2 is 1.85 bits per heavy atom. The molecule has 0 unspecified atom stereocenters. The molecule has 4 heteroatoms. The number of carbonyl (C=O) groups is 1. The lowest BCUT2D eigenvalue weighted by atomic mass is 9.68. The number of hydrogen-bond acceptors (Lipinski definition) is 3. The summed E-state index contributed by atoms with van der Waals surface area (Å²) in [5.41, 5.74) is 1.96. The maximum atomic E-state index is 11.9. The zero-order valence-electron chi connectivity index (χ0n) is 16.8. The van der Waals surface area contributed by atoms with Crippen molar-refractivity contribution in [2.24, 2.45) is 5.41 Å². The Morgan fingerprint density at radius 3 is 2.46 bits per heavy atom. The highest BCUT2D eigenvalue weighted by Gasteiger charge is 2.41. The second-order valence-corrected chi connectivity index (χ2v) is 8.52. The predicted octanol–water partition coefficient (Wildman–Crippen LogP) is 3.06. The number of benzene rings is 1. The molecule has 2 heterocycles. The standard InChI is InChI=1S/C22H35N3O/c1-4-24-17-20(19-8-6-5-7-9-19)16-22(18-24)11-14-25(15-12-22)13-10-21(26)23(2)3/h5-9,20H,4,10-18H2,1-3H3/t20-/m1/s1. The third kappa shape index (κ3) is 4.66. The number of nitrogens with zero attached hydrogens (tertiary/aromatic N) is 3. The molecule has 0 radical (unpaired) electrons. The van der Waals surface area contributed by atoms with Crippen LogP contribution in [0.15, 0.2) is 30.3 Å². The van der Waals surface area contributed by atoms with Gasteiger partial charge >= 0.3 is 0 Å². The number of piperidine rings is 2. The Kier molecular flexibility index (Phi) is 6.36. The zero-order chi connectivity index (χ0) is 18.6. The first-order valence-corrected chi connectivity index (χ1v) is 10.2. The summed E-state index contributed by atoms with van der Waals surface area (Å²) < 4.78 is 0. The van der Waals surface area contributed by atoms with E-state index in [1.807, 2.05) is 14.1 Å². The molecule has 1 amide bonds. The summed E-state index contributed by atoms with van der Waals surface area (Å²) in [5, 5.41) is 0. The summed E-state index contributed by atoms with van der Waals surface area (Å²) in [6.07, 6.45) is 4.50. The number of likely N-dealkylation sites (tertiary alicyclic amines) is 2. The minimum Gasteiger partial charge on any atom is -0.349 e. The molecule has 4 nitrogen and oxygen atoms in total. The van der Waals surface area contributed by atoms with Crippen molar-refractivity contribution in [1.82, 2.24) is 14.7 Å². The summed E-state index contributed by atoms with van der Waals surface area (Å²) in [6, 6.07) is 11.1. The molecule has 2 saturated heterocycles. The highest BCUT2D eigenvalue weighted by molar-refractivity contribution is 5.75. The fraction of sp³-hybridized carbons (Fsp3) is 0.682. The van der Waals surface area contributed by atoms with Gasteiger partial charge in [-0.1, -0.05) is 37.3 Å². The quantitative estimate of drug-likeness (QED) is 0.810. The van der Waals surface area contributed by atoms with E-state index in [0.29, 0.717) is 17.8 Å². The summed E-state index contributed by atoms with van der Waals surface area (Å²) in [7, 11) is 3.69. The molecule has 144 valence electrons. The van der Waals surface area contributed by atoms with Gasteiger partial charge in [-0.05, 0) is 55.8 Å². The van der Waals surface area contributed by atoms with E-state index in [-0.39, 0.29) is 5.91 Å². The fourth-order valence-electron chi connectivity index (χ4n) is 4.78. The zero-order valence-corrected chi connectivity index (χ0v) is 16.8. The molecule has 0 saturated carbocycles. The van der Waals surface area contributed by atoms with E-state index in [0.717, 1.165) is 26.2 Å². The second-order valence-electron chi connectivity index (χ2n) is 8.52. The SMILES string of the molecule is CCN1C[C@H](c2ccccc2)CC2(CCN(CCC(=O)N(C)C)CC2)C1. The monoisotopic (exact) mass is 357 g/mol. The van der Waals surface area contributed by atoms with Gasteiger partial charge in [0, 0.05) is 40.2 Å². The molecule has 2 fully saturated rings. The van der Waals surface area contributed by atoms with E-state index in [1.54, 1.807) is 4.90 Å². The Labute approximate surface area is 159 Å². The van der Waals surface area contributed by atoms with Crippen LogP contribution in [-0.4, -0.2) is 74.0 Å². The maximum absolute atomic E-state index is 11.9. The molecule has 0 N–H and O–H groups in total. The van der Waals surface area contributed by atoms with Crippen molar-refractivity contribution >= 4 is 5.91 Å². The van der Waals surface area contributed by atoms with Gasteiger partial charge in [-0.3, -0.25) is 4.79 Å². The molecule has 26 heavy (non-hydrogen) atoms. The van der Waals surface area contributed by atoms with Crippen LogP contribution in [0.4, 0.5) is 0 Å². The second kappa shape index (κ2) is 8.53. The molecular formula is C22H35N3O. The lowest BCUT2D eigenvalue weighted by Crippen LogP contribution is -2.51.